The maximum Gasteiger partial charge on any atom is 0.359 e. The number of rotatable bonds is 9. The second-order valence-electron chi connectivity index (χ2n) is 12.8. The van der Waals surface area contributed by atoms with Crippen molar-refractivity contribution in [1.29, 1.82) is 0 Å². The number of hydrogen-bond acceptors (Lipinski definition) is 17. The van der Waals surface area contributed by atoms with E-state index in [0.29, 0.717) is 36.1 Å². The molecule has 24 heteroatoms. The van der Waals surface area contributed by atoms with Crippen LogP contribution in [-0.4, -0.2) is 76.6 Å². The maximum absolute atomic E-state index is 12.1. The number of nitrogens with one attached hydrogen (secondary N) is 2. The molecule has 2 aromatic heterocycles. The lowest BCUT2D eigenvalue weighted by Crippen LogP contribution is -2.33. The van der Waals surface area contributed by atoms with Crippen molar-refractivity contribution in [3.63, 3.8) is 0 Å². The molecule has 4 aliphatic heterocycles. The first-order valence-electron chi connectivity index (χ1n) is 17.6. The fraction of sp³-hybridized carbons (Fsp3) is 0.562. The summed E-state index contributed by atoms with van der Waals surface area (Å²) in [5.74, 6) is 1.45. The first-order valence-corrected chi connectivity index (χ1v) is 28.3. The van der Waals surface area contributed by atoms with E-state index in [0.717, 1.165) is 29.4 Å². The summed E-state index contributed by atoms with van der Waals surface area (Å²) in [6.45, 7) is 7.24. The van der Waals surface area contributed by atoms with Crippen LogP contribution in [0.1, 0.15) is 63.1 Å². The molecule has 308 valence electrons. The Kier molecular flexibility index (Phi) is 15.9. The molecule has 1 unspecified atom stereocenters. The van der Waals surface area contributed by atoms with Crippen molar-refractivity contribution in [2.45, 2.75) is 90.2 Å². The van der Waals surface area contributed by atoms with Gasteiger partial charge in [0.1, 0.15) is 18.2 Å². The molecule has 7 rings (SSSR count). The molecule has 4 saturated heterocycles. The van der Waals surface area contributed by atoms with Gasteiger partial charge in [-0.05, 0) is 73.4 Å². The third kappa shape index (κ3) is 11.5. The number of nitrogens with zero attached hydrogens (tertiary/aromatic N) is 3. The van der Waals surface area contributed by atoms with Gasteiger partial charge in [-0.25, -0.2) is 9.59 Å². The number of aryl methyl sites for hydroxylation is 2. The highest BCUT2D eigenvalue weighted by molar-refractivity contribution is 9.00. The third-order valence-electron chi connectivity index (χ3n) is 8.80. The number of non-ortho nitro benzene ring substituents is 1. The molecule has 0 spiro atoms. The minimum Gasteiger partial charge on any atom is -0.429 e. The lowest BCUT2D eigenvalue weighted by Gasteiger charge is -2.22. The van der Waals surface area contributed by atoms with Gasteiger partial charge >= 0.3 is 17.2 Å². The highest BCUT2D eigenvalue weighted by Crippen LogP contribution is 2.75. The smallest absolute Gasteiger partial charge is 0.359 e. The van der Waals surface area contributed by atoms with Crippen LogP contribution < -0.4 is 27.0 Å². The minimum absolute atomic E-state index is 0.00244. The summed E-state index contributed by atoms with van der Waals surface area (Å²) in [4.78, 5) is 60.9. The van der Waals surface area contributed by atoms with E-state index in [9.17, 15) is 39.0 Å². The molecule has 0 bridgehead atoms. The molecule has 0 saturated carbocycles. The Balaban J connectivity index is 0.000000164. The molecule has 0 aliphatic carbocycles. The van der Waals surface area contributed by atoms with Crippen LogP contribution >= 0.6 is 56.0 Å². The second-order valence-corrected chi connectivity index (χ2v) is 31.0. The quantitative estimate of drug-likeness (QED) is 0.125. The largest absolute Gasteiger partial charge is 0.429 e. The second kappa shape index (κ2) is 19.8. The predicted octanol–water partition coefficient (Wildman–Crippen LogP) is 6.10. The van der Waals surface area contributed by atoms with Gasteiger partial charge in [0.25, 0.3) is 16.8 Å². The third-order valence-corrected chi connectivity index (χ3v) is 26.0. The zero-order valence-corrected chi connectivity index (χ0v) is 36.7. The minimum atomic E-state index is -2.67. The summed E-state index contributed by atoms with van der Waals surface area (Å²) in [6.07, 6.45) is 3.52. The molecule has 1 aromatic carbocycles. The Morgan fingerprint density at radius 2 is 1.34 bits per heavy atom. The van der Waals surface area contributed by atoms with Crippen molar-refractivity contribution in [3.8, 4) is 5.75 Å². The molecule has 4 fully saturated rings. The first-order chi connectivity index (χ1) is 26.5. The van der Waals surface area contributed by atoms with Crippen molar-refractivity contribution in [2.75, 3.05) is 23.0 Å². The molecule has 56 heavy (non-hydrogen) atoms. The Hall–Kier alpha value is -2.10. The number of ether oxygens (including phenoxy) is 2. The lowest BCUT2D eigenvalue weighted by atomic mass is 10.1. The normalized spacial score (nSPS) is 26.2. The van der Waals surface area contributed by atoms with E-state index in [1.54, 1.807) is 42.8 Å². The van der Waals surface area contributed by atoms with Gasteiger partial charge in [-0.3, -0.25) is 43.4 Å². The zero-order chi connectivity index (χ0) is 40.8. The number of nitro groups is 1. The van der Waals surface area contributed by atoms with Gasteiger partial charge < -0.3 is 23.6 Å². The summed E-state index contributed by atoms with van der Waals surface area (Å²) in [7, 11) is 0. The molecular formula is C32H43N5O12P2S5. The van der Waals surface area contributed by atoms with Crippen LogP contribution in [0.25, 0.3) is 0 Å². The number of nitro benzene ring substituents is 1. The van der Waals surface area contributed by atoms with E-state index in [1.165, 1.54) is 62.4 Å². The van der Waals surface area contributed by atoms with E-state index < -0.39 is 50.9 Å². The number of aliphatic hydroxyl groups is 1. The zero-order valence-electron chi connectivity index (χ0n) is 30.8. The van der Waals surface area contributed by atoms with Crippen molar-refractivity contribution < 1.29 is 33.1 Å². The van der Waals surface area contributed by atoms with Crippen LogP contribution in [0.15, 0.2) is 55.8 Å². The SMILES string of the molecule is CC[C@H]1OC(n2cc(C)c(=O)[nH]c2=O)C[C@@H]1OP1(=S)SCCS1.CC[C@H]1O[C@@H](n2cc(C)c(=O)[nH]c2=O)C[C@@H]1O.O=[N+]([O-])c1ccc(OP2(=O)SCCS2)cc1. The topological polar surface area (TPSA) is 227 Å². The summed E-state index contributed by atoms with van der Waals surface area (Å²) in [5, 5.41) is 20.1. The fourth-order valence-corrected chi connectivity index (χ4v) is 22.7. The average molecular weight is 912 g/mol. The maximum atomic E-state index is 12.1. The van der Waals surface area contributed by atoms with Crippen LogP contribution in [0.2, 0.25) is 0 Å². The molecule has 4 aliphatic rings. The highest BCUT2D eigenvalue weighted by Gasteiger charge is 2.41. The molecule has 6 atom stereocenters. The van der Waals surface area contributed by atoms with Gasteiger partial charge in [-0.1, -0.05) is 36.6 Å². The van der Waals surface area contributed by atoms with Crippen LogP contribution in [0.3, 0.4) is 0 Å². The van der Waals surface area contributed by atoms with Gasteiger partial charge in [0, 0.05) is 71.5 Å². The Labute approximate surface area is 342 Å². The van der Waals surface area contributed by atoms with Crippen molar-refractivity contribution in [1.82, 2.24) is 19.1 Å². The predicted molar refractivity (Wildman–Crippen MR) is 226 cm³/mol. The van der Waals surface area contributed by atoms with Crippen molar-refractivity contribution in [3.05, 3.63) is 99.6 Å². The van der Waals surface area contributed by atoms with Crippen LogP contribution in [-0.2, 0) is 30.4 Å². The van der Waals surface area contributed by atoms with Gasteiger partial charge in [0.15, 0.2) is 4.67 Å². The molecule has 17 nitrogen and oxygen atoms in total. The first kappa shape index (κ1) is 45.0. The van der Waals surface area contributed by atoms with Gasteiger partial charge in [-0.2, -0.15) is 0 Å². The van der Waals surface area contributed by atoms with E-state index in [4.69, 9.17) is 30.3 Å². The number of aliphatic hydroxyl groups excluding tert-OH is 1. The summed E-state index contributed by atoms with van der Waals surface area (Å²) >= 11 is 11.8. The number of hydrogen-bond donors (Lipinski definition) is 3. The van der Waals surface area contributed by atoms with E-state index in [-0.39, 0.29) is 29.6 Å². The van der Waals surface area contributed by atoms with E-state index in [2.05, 4.69) is 9.97 Å². The molecule has 6 heterocycles. The van der Waals surface area contributed by atoms with E-state index >= 15 is 0 Å². The molecule has 3 N–H and O–H groups in total. The number of benzene rings is 1. The van der Waals surface area contributed by atoms with Crippen molar-refractivity contribution in [2.24, 2.45) is 0 Å². The molecular weight excluding hydrogens is 869 g/mol. The number of aromatic nitrogens is 4. The molecule has 3 aromatic rings. The Morgan fingerprint density at radius 1 is 0.857 bits per heavy atom. The van der Waals surface area contributed by atoms with E-state index in [1.807, 2.05) is 13.8 Å². The standard InChI is InChI=1S/C13H19N2O4PS3.C11H16N2O4.C8H8NO4PS2/c1-3-9-10(19-20(21)22-4-5-23-20)6-11(18-9)15-7-8(2)12(16)14-13(15)17;1-3-8-7(14)4-9(17-8)13-5-6(2)10(15)12-11(13)16;10-9(11)7-1-3-8(4-2-7)13-14(12)15-5-6-16-14/h7,9-11H,3-6H2,1-2H3,(H,14,16,17);5,7-9,14H,3-4H2,1-2H3,(H,12,15,16);1-4H,5-6H2/t9-,10+,11?;7-,8+,9+;/m10./s1. The number of aromatic amines is 2. The Morgan fingerprint density at radius 3 is 1.82 bits per heavy atom. The fourth-order valence-electron chi connectivity index (χ4n) is 5.91. The van der Waals surface area contributed by atoms with Gasteiger partial charge in [-0.15, -0.1) is 0 Å². The van der Waals surface area contributed by atoms with Gasteiger partial charge in [0.2, 0.25) is 0 Å². The van der Waals surface area contributed by atoms with Crippen LogP contribution in [0, 0.1) is 24.0 Å². The van der Waals surface area contributed by atoms with Crippen molar-refractivity contribution >= 4 is 73.5 Å². The van der Waals surface area contributed by atoms with Crippen LogP contribution in [0.4, 0.5) is 5.69 Å². The monoisotopic (exact) mass is 911 g/mol. The van der Waals surface area contributed by atoms with Gasteiger partial charge in [0.05, 0.1) is 29.3 Å². The highest BCUT2D eigenvalue weighted by atomic mass is 33.2. The number of H-pyrrole nitrogens is 2. The molecule has 0 radical (unpaired) electrons. The summed E-state index contributed by atoms with van der Waals surface area (Å²) < 4.78 is 36.1. The summed E-state index contributed by atoms with van der Waals surface area (Å²) in [6, 6.07) is 5.62. The molecule has 0 amide bonds. The summed E-state index contributed by atoms with van der Waals surface area (Å²) in [5.41, 5.74) is -0.780. The lowest BCUT2D eigenvalue weighted by molar-refractivity contribution is -0.384. The Bertz CT molecular complexity index is 2180. The average Bonchev–Trinajstić information content (AvgIpc) is 3.96. The van der Waals surface area contributed by atoms with Crippen LogP contribution in [0.5, 0.6) is 5.75 Å².